The van der Waals surface area contributed by atoms with E-state index in [1.807, 2.05) is 11.8 Å². The summed E-state index contributed by atoms with van der Waals surface area (Å²) in [5.74, 6) is 0.569. The Kier molecular flexibility index (Phi) is 4.46. The summed E-state index contributed by atoms with van der Waals surface area (Å²) in [4.78, 5) is 17.6. The third-order valence-corrected chi connectivity index (χ3v) is 5.37. The van der Waals surface area contributed by atoms with Crippen LogP contribution in [0.2, 0.25) is 0 Å². The van der Waals surface area contributed by atoms with E-state index in [2.05, 4.69) is 49.0 Å². The molecular weight excluding hydrogens is 342 g/mol. The first kappa shape index (κ1) is 18.0. The van der Waals surface area contributed by atoms with Crippen LogP contribution >= 0.6 is 0 Å². The van der Waals surface area contributed by atoms with E-state index in [0.717, 1.165) is 49.8 Å². The molecule has 0 N–H and O–H groups in total. The Labute approximate surface area is 160 Å². The molecule has 27 heavy (non-hydrogen) atoms. The molecule has 1 saturated heterocycles. The molecule has 2 aromatic rings. The van der Waals surface area contributed by atoms with E-state index >= 15 is 0 Å². The molecule has 4 rings (SSSR count). The number of rotatable bonds is 2. The summed E-state index contributed by atoms with van der Waals surface area (Å²) in [7, 11) is 0. The quantitative estimate of drug-likeness (QED) is 0.813. The standard InChI is InChI=1S/C21H27N3O3/c1-14-18(19(22-27-14)21(2,3)4)20(25)24-8-7-15-5-6-16(13-17(15)24)23-9-11-26-12-10-23/h5-6,13H,7-12H2,1-4H3. The second-order valence-electron chi connectivity index (χ2n) is 8.33. The first-order chi connectivity index (χ1) is 12.9. The lowest BCUT2D eigenvalue weighted by molar-refractivity contribution is 0.0986. The van der Waals surface area contributed by atoms with Crippen LogP contribution in [0.5, 0.6) is 0 Å². The van der Waals surface area contributed by atoms with E-state index in [9.17, 15) is 4.79 Å². The summed E-state index contributed by atoms with van der Waals surface area (Å²) >= 11 is 0. The van der Waals surface area contributed by atoms with Gasteiger partial charge in [0, 0.05) is 36.4 Å². The monoisotopic (exact) mass is 369 g/mol. The van der Waals surface area contributed by atoms with E-state index in [1.165, 1.54) is 5.56 Å². The van der Waals surface area contributed by atoms with Crippen molar-refractivity contribution in [1.29, 1.82) is 0 Å². The molecule has 3 heterocycles. The van der Waals surface area contributed by atoms with Crippen LogP contribution in [0.3, 0.4) is 0 Å². The van der Waals surface area contributed by atoms with Gasteiger partial charge in [0.1, 0.15) is 17.0 Å². The number of amides is 1. The van der Waals surface area contributed by atoms with Crippen molar-refractivity contribution in [2.75, 3.05) is 42.6 Å². The molecule has 6 heteroatoms. The van der Waals surface area contributed by atoms with E-state index in [4.69, 9.17) is 9.26 Å². The maximum absolute atomic E-state index is 13.4. The number of morpholine rings is 1. The van der Waals surface area contributed by atoms with Crippen molar-refractivity contribution < 1.29 is 14.1 Å². The topological polar surface area (TPSA) is 58.8 Å². The fourth-order valence-corrected chi connectivity index (χ4v) is 3.87. The Bertz CT molecular complexity index is 860. The molecule has 0 spiro atoms. The average molecular weight is 369 g/mol. The molecule has 0 atom stereocenters. The number of anilines is 2. The minimum atomic E-state index is -0.249. The predicted molar refractivity (Wildman–Crippen MR) is 105 cm³/mol. The summed E-state index contributed by atoms with van der Waals surface area (Å²) in [6.07, 6.45) is 0.875. The van der Waals surface area contributed by atoms with E-state index in [-0.39, 0.29) is 11.3 Å². The number of carbonyl (C=O) groups is 1. The minimum Gasteiger partial charge on any atom is -0.378 e. The van der Waals surface area contributed by atoms with E-state index < -0.39 is 0 Å². The number of benzene rings is 1. The van der Waals surface area contributed by atoms with Crippen molar-refractivity contribution in [1.82, 2.24) is 5.16 Å². The van der Waals surface area contributed by atoms with Crippen LogP contribution in [0, 0.1) is 6.92 Å². The SMILES string of the molecule is Cc1onc(C(C)(C)C)c1C(=O)N1CCc2ccc(N3CCOCC3)cc21. The summed E-state index contributed by atoms with van der Waals surface area (Å²) in [6, 6.07) is 6.45. The molecule has 1 aromatic heterocycles. The van der Waals surface area contributed by atoms with Crippen molar-refractivity contribution in [2.45, 2.75) is 39.5 Å². The molecule has 0 bridgehead atoms. The highest BCUT2D eigenvalue weighted by molar-refractivity contribution is 6.09. The zero-order chi connectivity index (χ0) is 19.2. The summed E-state index contributed by atoms with van der Waals surface area (Å²) in [5.41, 5.74) is 4.45. The van der Waals surface area contributed by atoms with Crippen LogP contribution in [-0.4, -0.2) is 43.9 Å². The molecule has 6 nitrogen and oxygen atoms in total. The van der Waals surface area contributed by atoms with Crippen molar-refractivity contribution in [3.05, 3.63) is 40.8 Å². The second-order valence-corrected chi connectivity index (χ2v) is 8.33. The average Bonchev–Trinajstić information content (AvgIpc) is 3.24. The highest BCUT2D eigenvalue weighted by Gasteiger charge is 2.34. The number of nitrogens with zero attached hydrogens (tertiary/aromatic N) is 3. The lowest BCUT2D eigenvalue weighted by Crippen LogP contribution is -2.36. The zero-order valence-electron chi connectivity index (χ0n) is 16.5. The lowest BCUT2D eigenvalue weighted by atomic mass is 9.88. The third-order valence-electron chi connectivity index (χ3n) is 5.37. The number of ether oxygens (including phenoxy) is 1. The number of hydrogen-bond acceptors (Lipinski definition) is 5. The lowest BCUT2D eigenvalue weighted by Gasteiger charge is -2.30. The molecule has 0 unspecified atom stereocenters. The molecule has 144 valence electrons. The molecule has 0 saturated carbocycles. The predicted octanol–water partition coefficient (Wildman–Crippen LogP) is 3.32. The first-order valence-corrected chi connectivity index (χ1v) is 9.60. The number of aromatic nitrogens is 1. The molecule has 1 aromatic carbocycles. The number of aryl methyl sites for hydroxylation is 1. The number of hydrogen-bond donors (Lipinski definition) is 0. The fourth-order valence-electron chi connectivity index (χ4n) is 3.87. The maximum atomic E-state index is 13.4. The van der Waals surface area contributed by atoms with Gasteiger partial charge in [-0.05, 0) is 31.0 Å². The van der Waals surface area contributed by atoms with Crippen molar-refractivity contribution in [2.24, 2.45) is 0 Å². The van der Waals surface area contributed by atoms with Gasteiger partial charge < -0.3 is 19.1 Å². The molecule has 2 aliphatic rings. The maximum Gasteiger partial charge on any atom is 0.263 e. The molecule has 0 aliphatic carbocycles. The highest BCUT2D eigenvalue weighted by atomic mass is 16.5. The number of carbonyl (C=O) groups excluding carboxylic acids is 1. The van der Waals surface area contributed by atoms with E-state index in [1.54, 1.807) is 0 Å². The van der Waals surface area contributed by atoms with Crippen molar-refractivity contribution >= 4 is 17.3 Å². The Morgan fingerprint density at radius 2 is 1.89 bits per heavy atom. The first-order valence-electron chi connectivity index (χ1n) is 9.60. The minimum absolute atomic E-state index is 0.0171. The van der Waals surface area contributed by atoms with Gasteiger partial charge >= 0.3 is 0 Å². The van der Waals surface area contributed by atoms with Crippen LogP contribution in [0.4, 0.5) is 11.4 Å². The van der Waals surface area contributed by atoms with Crippen LogP contribution in [-0.2, 0) is 16.6 Å². The van der Waals surface area contributed by atoms with Gasteiger partial charge in [-0.2, -0.15) is 0 Å². The van der Waals surface area contributed by atoms with Crippen molar-refractivity contribution in [3.8, 4) is 0 Å². The van der Waals surface area contributed by atoms with E-state index in [0.29, 0.717) is 17.9 Å². The summed E-state index contributed by atoms with van der Waals surface area (Å²) < 4.78 is 10.8. The van der Waals surface area contributed by atoms with Gasteiger partial charge in [-0.1, -0.05) is 32.0 Å². The zero-order valence-corrected chi connectivity index (χ0v) is 16.5. The molecule has 1 amide bonds. The normalized spacial score (nSPS) is 17.3. The Hall–Kier alpha value is -2.34. The smallest absolute Gasteiger partial charge is 0.263 e. The van der Waals surface area contributed by atoms with Crippen LogP contribution in [0.25, 0.3) is 0 Å². The molecule has 2 aliphatic heterocycles. The summed E-state index contributed by atoms with van der Waals surface area (Å²) in [6.45, 7) is 11.9. The second kappa shape index (κ2) is 6.68. The van der Waals surface area contributed by atoms with Gasteiger partial charge in [-0.25, -0.2) is 0 Å². The van der Waals surface area contributed by atoms with Gasteiger partial charge in [-0.15, -0.1) is 0 Å². The van der Waals surface area contributed by atoms with Gasteiger partial charge in [0.2, 0.25) is 0 Å². The van der Waals surface area contributed by atoms with Crippen LogP contribution < -0.4 is 9.80 Å². The van der Waals surface area contributed by atoms with Gasteiger partial charge in [0.15, 0.2) is 0 Å². The third kappa shape index (κ3) is 3.23. The highest BCUT2D eigenvalue weighted by Crippen LogP contribution is 2.35. The van der Waals surface area contributed by atoms with Crippen LogP contribution in [0.15, 0.2) is 22.7 Å². The van der Waals surface area contributed by atoms with Gasteiger partial charge in [0.05, 0.1) is 13.2 Å². The van der Waals surface area contributed by atoms with Crippen molar-refractivity contribution in [3.63, 3.8) is 0 Å². The van der Waals surface area contributed by atoms with Gasteiger partial charge in [0.25, 0.3) is 5.91 Å². The van der Waals surface area contributed by atoms with Crippen LogP contribution in [0.1, 0.15) is 48.1 Å². The Morgan fingerprint density at radius 3 is 2.59 bits per heavy atom. The summed E-state index contributed by atoms with van der Waals surface area (Å²) in [5, 5.41) is 4.18. The van der Waals surface area contributed by atoms with Gasteiger partial charge in [-0.3, -0.25) is 4.79 Å². The molecule has 0 radical (unpaired) electrons. The number of fused-ring (bicyclic) bond motifs is 1. The molecule has 1 fully saturated rings. The Morgan fingerprint density at radius 1 is 1.15 bits per heavy atom. The molecular formula is C21H27N3O3. The largest absolute Gasteiger partial charge is 0.378 e. The Balaban J connectivity index is 1.68. The fraction of sp³-hybridized carbons (Fsp3) is 0.524.